The van der Waals surface area contributed by atoms with Crippen LogP contribution in [-0.4, -0.2) is 4.98 Å². The van der Waals surface area contributed by atoms with Crippen molar-refractivity contribution in [1.29, 1.82) is 0 Å². The third-order valence-electron chi connectivity index (χ3n) is 2.72. The van der Waals surface area contributed by atoms with Gasteiger partial charge in [0.1, 0.15) is 0 Å². The Balaban J connectivity index is 1.66. The molecule has 5 heteroatoms. The Morgan fingerprint density at radius 2 is 2.11 bits per heavy atom. The van der Waals surface area contributed by atoms with E-state index in [9.17, 15) is 0 Å². The number of halogens is 1. The predicted molar refractivity (Wildman–Crippen MR) is 81.3 cm³/mol. The molecule has 0 aliphatic heterocycles. The van der Waals surface area contributed by atoms with Crippen molar-refractivity contribution >= 4 is 33.0 Å². The summed E-state index contributed by atoms with van der Waals surface area (Å²) in [5, 5.41) is 5.53. The lowest BCUT2D eigenvalue weighted by molar-refractivity contribution is 0.572. The van der Waals surface area contributed by atoms with Crippen molar-refractivity contribution in [3.05, 3.63) is 57.7 Å². The highest BCUT2D eigenvalue weighted by Crippen LogP contribution is 2.23. The molecule has 0 saturated heterocycles. The van der Waals surface area contributed by atoms with Crippen molar-refractivity contribution < 1.29 is 4.42 Å². The molecular weight excluding hydrogens is 324 g/mol. The first-order valence-electron chi connectivity index (χ1n) is 5.77. The molecule has 19 heavy (non-hydrogen) atoms. The van der Waals surface area contributed by atoms with Gasteiger partial charge in [0.25, 0.3) is 0 Å². The minimum absolute atomic E-state index is 0.785. The van der Waals surface area contributed by atoms with Gasteiger partial charge < -0.3 is 9.73 Å². The first-order chi connectivity index (χ1) is 9.31. The topological polar surface area (TPSA) is 38.1 Å². The van der Waals surface area contributed by atoms with E-state index in [1.54, 1.807) is 17.5 Å². The van der Waals surface area contributed by atoms with E-state index in [4.69, 9.17) is 4.42 Å². The van der Waals surface area contributed by atoms with Gasteiger partial charge in [-0.2, -0.15) is 0 Å². The van der Waals surface area contributed by atoms with Crippen LogP contribution in [0.4, 0.5) is 5.69 Å². The summed E-state index contributed by atoms with van der Waals surface area (Å²) in [5.41, 5.74) is 3.39. The molecule has 0 atom stereocenters. The maximum Gasteiger partial charge on any atom is 0.181 e. The lowest BCUT2D eigenvalue weighted by atomic mass is 10.1. The van der Waals surface area contributed by atoms with Crippen molar-refractivity contribution in [2.45, 2.75) is 6.54 Å². The average Bonchev–Trinajstić information content (AvgIpc) is 3.08. The Kier molecular flexibility index (Phi) is 3.66. The van der Waals surface area contributed by atoms with Crippen LogP contribution in [0.15, 0.2) is 56.5 Å². The molecule has 0 bridgehead atoms. The van der Waals surface area contributed by atoms with Crippen LogP contribution in [0.3, 0.4) is 0 Å². The van der Waals surface area contributed by atoms with Crippen LogP contribution < -0.4 is 5.32 Å². The molecule has 0 spiro atoms. The molecule has 0 radical (unpaired) electrons. The fraction of sp³-hybridized carbons (Fsp3) is 0.0714. The van der Waals surface area contributed by atoms with Gasteiger partial charge in [-0.15, -0.1) is 11.3 Å². The number of hydrogen-bond donors (Lipinski definition) is 1. The standard InChI is InChI=1S/C14H11BrN2OS/c15-14-5-10(8-19-14)6-17-12-3-1-11(2-4-12)13-7-16-9-18-13/h1-5,7-9,17H,6H2. The number of hydrogen-bond acceptors (Lipinski definition) is 4. The lowest BCUT2D eigenvalue weighted by Gasteiger charge is -2.05. The van der Waals surface area contributed by atoms with Crippen molar-refractivity contribution in [3.63, 3.8) is 0 Å². The van der Waals surface area contributed by atoms with Crippen LogP contribution in [0.5, 0.6) is 0 Å². The monoisotopic (exact) mass is 334 g/mol. The minimum Gasteiger partial charge on any atom is -0.444 e. The van der Waals surface area contributed by atoms with E-state index in [2.05, 4.69) is 37.7 Å². The maximum absolute atomic E-state index is 5.26. The molecule has 0 saturated carbocycles. The number of anilines is 1. The number of oxazole rings is 1. The second-order valence-corrected chi connectivity index (χ2v) is 6.35. The predicted octanol–water partition coefficient (Wildman–Crippen LogP) is 4.78. The van der Waals surface area contributed by atoms with E-state index in [0.29, 0.717) is 0 Å². The quantitative estimate of drug-likeness (QED) is 0.746. The number of rotatable bonds is 4. The second kappa shape index (κ2) is 5.59. The van der Waals surface area contributed by atoms with Crippen LogP contribution in [0.1, 0.15) is 5.56 Å². The van der Waals surface area contributed by atoms with Gasteiger partial charge >= 0.3 is 0 Å². The number of nitrogens with one attached hydrogen (secondary N) is 1. The molecule has 2 aromatic heterocycles. The van der Waals surface area contributed by atoms with Crippen LogP contribution in [0, 0.1) is 0 Å². The van der Waals surface area contributed by atoms with Crippen LogP contribution in [0.25, 0.3) is 11.3 Å². The normalized spacial score (nSPS) is 10.6. The summed E-state index contributed by atoms with van der Waals surface area (Å²) in [6, 6.07) is 10.2. The van der Waals surface area contributed by atoms with Gasteiger partial charge in [-0.05, 0) is 57.2 Å². The molecule has 2 heterocycles. The Bertz CT molecular complexity index is 646. The molecule has 0 aliphatic carbocycles. The molecule has 0 amide bonds. The van der Waals surface area contributed by atoms with E-state index in [-0.39, 0.29) is 0 Å². The summed E-state index contributed by atoms with van der Waals surface area (Å²) in [6.07, 6.45) is 3.15. The third kappa shape index (κ3) is 3.05. The molecule has 0 fully saturated rings. The molecule has 3 aromatic rings. The number of nitrogens with zero attached hydrogens (tertiary/aromatic N) is 1. The highest BCUT2D eigenvalue weighted by atomic mass is 79.9. The van der Waals surface area contributed by atoms with E-state index < -0.39 is 0 Å². The highest BCUT2D eigenvalue weighted by Gasteiger charge is 2.01. The zero-order valence-electron chi connectivity index (χ0n) is 9.97. The van der Waals surface area contributed by atoms with E-state index in [1.165, 1.54) is 12.0 Å². The van der Waals surface area contributed by atoms with Gasteiger partial charge in [-0.3, -0.25) is 0 Å². The highest BCUT2D eigenvalue weighted by molar-refractivity contribution is 9.11. The zero-order valence-corrected chi connectivity index (χ0v) is 12.4. The van der Waals surface area contributed by atoms with E-state index in [0.717, 1.165) is 27.3 Å². The van der Waals surface area contributed by atoms with Gasteiger partial charge in [-0.1, -0.05) is 0 Å². The fourth-order valence-corrected chi connectivity index (χ4v) is 2.96. The molecule has 3 nitrogen and oxygen atoms in total. The first-order valence-corrected chi connectivity index (χ1v) is 7.44. The zero-order chi connectivity index (χ0) is 13.1. The number of aromatic nitrogens is 1. The Labute approximate surface area is 123 Å². The largest absolute Gasteiger partial charge is 0.444 e. The Hall–Kier alpha value is -1.59. The van der Waals surface area contributed by atoms with Crippen molar-refractivity contribution in [3.8, 4) is 11.3 Å². The van der Waals surface area contributed by atoms with E-state index >= 15 is 0 Å². The molecule has 96 valence electrons. The second-order valence-electron chi connectivity index (χ2n) is 4.06. The van der Waals surface area contributed by atoms with Crippen molar-refractivity contribution in [2.24, 2.45) is 0 Å². The Morgan fingerprint density at radius 1 is 1.26 bits per heavy atom. The van der Waals surface area contributed by atoms with Gasteiger partial charge in [-0.25, -0.2) is 4.98 Å². The molecule has 1 aromatic carbocycles. The van der Waals surface area contributed by atoms with Gasteiger partial charge in [0.15, 0.2) is 12.2 Å². The fourth-order valence-electron chi connectivity index (χ4n) is 1.75. The molecular formula is C14H11BrN2OS. The SMILES string of the molecule is Brc1cc(CNc2ccc(-c3cnco3)cc2)cs1. The van der Waals surface area contributed by atoms with E-state index in [1.807, 2.05) is 24.3 Å². The molecule has 0 aliphatic rings. The summed E-state index contributed by atoms with van der Waals surface area (Å²) < 4.78 is 6.41. The van der Waals surface area contributed by atoms with Crippen LogP contribution in [0.2, 0.25) is 0 Å². The van der Waals surface area contributed by atoms with Crippen LogP contribution in [-0.2, 0) is 6.54 Å². The Morgan fingerprint density at radius 3 is 2.74 bits per heavy atom. The summed E-state index contributed by atoms with van der Waals surface area (Å²) in [4.78, 5) is 3.91. The minimum atomic E-state index is 0.785. The summed E-state index contributed by atoms with van der Waals surface area (Å²) in [7, 11) is 0. The van der Waals surface area contributed by atoms with Gasteiger partial charge in [0.05, 0.1) is 9.98 Å². The summed E-state index contributed by atoms with van der Waals surface area (Å²) in [6.45, 7) is 0.823. The van der Waals surface area contributed by atoms with Crippen molar-refractivity contribution in [1.82, 2.24) is 4.98 Å². The summed E-state index contributed by atoms with van der Waals surface area (Å²) >= 11 is 5.16. The van der Waals surface area contributed by atoms with Gasteiger partial charge in [0, 0.05) is 17.8 Å². The van der Waals surface area contributed by atoms with Gasteiger partial charge in [0.2, 0.25) is 0 Å². The van der Waals surface area contributed by atoms with Crippen LogP contribution >= 0.6 is 27.3 Å². The first kappa shape index (κ1) is 12.4. The molecule has 3 rings (SSSR count). The lowest BCUT2D eigenvalue weighted by Crippen LogP contribution is -1.97. The van der Waals surface area contributed by atoms with Crippen molar-refractivity contribution in [2.75, 3.05) is 5.32 Å². The molecule has 0 unspecified atom stereocenters. The third-order valence-corrected chi connectivity index (χ3v) is 4.27. The summed E-state index contributed by atoms with van der Waals surface area (Å²) in [5.74, 6) is 0.785. The maximum atomic E-state index is 5.26. The smallest absolute Gasteiger partial charge is 0.181 e. The average molecular weight is 335 g/mol. The number of benzene rings is 1. The number of thiophene rings is 1. The molecule has 1 N–H and O–H groups in total.